The molecule has 5 nitrogen and oxygen atoms in total. The van der Waals surface area contributed by atoms with E-state index in [-0.39, 0.29) is 10.9 Å². The molecule has 0 aliphatic heterocycles. The van der Waals surface area contributed by atoms with Crippen molar-refractivity contribution in [2.75, 3.05) is 7.05 Å². The first kappa shape index (κ1) is 14.7. The average molecular weight is 294 g/mol. The second-order valence-electron chi connectivity index (χ2n) is 5.01. The minimum absolute atomic E-state index is 0.0343. The summed E-state index contributed by atoms with van der Waals surface area (Å²) in [5.41, 5.74) is 0. The minimum atomic E-state index is -0.419. The summed E-state index contributed by atoms with van der Waals surface area (Å²) in [5.74, 6) is -0.0343. The number of carbonyl (C=O) groups excluding carboxylic acids is 1. The number of carbonyl (C=O) groups is 1. The molecule has 0 spiro atoms. The lowest BCUT2D eigenvalue weighted by atomic mass is 9.94. The highest BCUT2D eigenvalue weighted by atomic mass is 32.1. The molecule has 20 heavy (non-hydrogen) atoms. The van der Waals surface area contributed by atoms with Crippen molar-refractivity contribution in [1.82, 2.24) is 4.90 Å². The van der Waals surface area contributed by atoms with Gasteiger partial charge in [0.25, 0.3) is 0 Å². The molecule has 0 aromatic carbocycles. The molecular weight excluding hydrogens is 276 g/mol. The van der Waals surface area contributed by atoms with Crippen LogP contribution in [0.1, 0.15) is 37.0 Å². The molecule has 1 aliphatic carbocycles. The Kier molecular flexibility index (Phi) is 4.89. The summed E-state index contributed by atoms with van der Waals surface area (Å²) in [4.78, 5) is 24.7. The second kappa shape index (κ2) is 6.65. The molecule has 1 aliphatic rings. The molecule has 1 fully saturated rings. The Bertz CT molecular complexity index is 518. The lowest BCUT2D eigenvalue weighted by Crippen LogP contribution is -2.37. The third kappa shape index (κ3) is 3.66. The standard InChI is InChI=1S/C14H18N2O3S/c1-15(11-5-3-2-4-6-11)13(17)9-7-12-8-10-14(20-12)16(18)19/h7-11H,2-6H2,1H3/b9-7+. The van der Waals surface area contributed by atoms with Crippen molar-refractivity contribution in [3.63, 3.8) is 0 Å². The SMILES string of the molecule is CN(C(=O)/C=C/c1ccc([N+](=O)[O-])s1)C1CCCCC1. The van der Waals surface area contributed by atoms with Gasteiger partial charge in [0.2, 0.25) is 5.91 Å². The molecular formula is C14H18N2O3S. The normalized spacial score (nSPS) is 16.4. The number of nitrogens with zero attached hydrogens (tertiary/aromatic N) is 2. The lowest BCUT2D eigenvalue weighted by molar-refractivity contribution is -0.380. The van der Waals surface area contributed by atoms with E-state index in [1.807, 2.05) is 7.05 Å². The summed E-state index contributed by atoms with van der Waals surface area (Å²) in [5, 5.41) is 10.7. The van der Waals surface area contributed by atoms with Crippen molar-refractivity contribution < 1.29 is 9.72 Å². The number of likely N-dealkylation sites (N-methyl/N-ethyl adjacent to an activating group) is 1. The monoisotopic (exact) mass is 294 g/mol. The molecule has 0 atom stereocenters. The smallest absolute Gasteiger partial charge is 0.324 e. The van der Waals surface area contributed by atoms with Gasteiger partial charge in [-0.15, -0.1) is 0 Å². The van der Waals surface area contributed by atoms with Gasteiger partial charge in [-0.2, -0.15) is 0 Å². The first-order valence-electron chi connectivity index (χ1n) is 6.77. The Morgan fingerprint density at radius 1 is 1.40 bits per heavy atom. The van der Waals surface area contributed by atoms with E-state index in [1.165, 1.54) is 31.4 Å². The Morgan fingerprint density at radius 2 is 2.10 bits per heavy atom. The van der Waals surface area contributed by atoms with Gasteiger partial charge in [-0.3, -0.25) is 14.9 Å². The summed E-state index contributed by atoms with van der Waals surface area (Å²) < 4.78 is 0. The van der Waals surface area contributed by atoms with Gasteiger partial charge >= 0.3 is 5.00 Å². The number of nitro groups is 1. The van der Waals surface area contributed by atoms with Gasteiger partial charge in [0.05, 0.1) is 4.92 Å². The van der Waals surface area contributed by atoms with Crippen LogP contribution in [0.5, 0.6) is 0 Å². The molecule has 0 N–H and O–H groups in total. The molecule has 6 heteroatoms. The second-order valence-corrected chi connectivity index (χ2v) is 6.10. The van der Waals surface area contributed by atoms with Gasteiger partial charge < -0.3 is 4.90 Å². The van der Waals surface area contributed by atoms with Crippen LogP contribution in [0.4, 0.5) is 5.00 Å². The zero-order chi connectivity index (χ0) is 14.5. The Hall–Kier alpha value is -1.69. The Balaban J connectivity index is 1.95. The van der Waals surface area contributed by atoms with Crippen molar-refractivity contribution in [1.29, 1.82) is 0 Å². The van der Waals surface area contributed by atoms with Crippen molar-refractivity contribution in [2.45, 2.75) is 38.1 Å². The number of hydrogen-bond acceptors (Lipinski definition) is 4. The maximum atomic E-state index is 12.1. The van der Waals surface area contributed by atoms with Crippen LogP contribution in [0.3, 0.4) is 0 Å². The van der Waals surface area contributed by atoms with E-state index in [1.54, 1.807) is 17.0 Å². The summed E-state index contributed by atoms with van der Waals surface area (Å²) in [6.45, 7) is 0. The quantitative estimate of drug-likeness (QED) is 0.485. The highest BCUT2D eigenvalue weighted by Gasteiger charge is 2.20. The van der Waals surface area contributed by atoms with Crippen LogP contribution in [-0.2, 0) is 4.79 Å². The maximum absolute atomic E-state index is 12.1. The van der Waals surface area contributed by atoms with E-state index >= 15 is 0 Å². The fourth-order valence-electron chi connectivity index (χ4n) is 2.45. The fraction of sp³-hybridized carbons (Fsp3) is 0.500. The van der Waals surface area contributed by atoms with Crippen LogP contribution in [0, 0.1) is 10.1 Å². The van der Waals surface area contributed by atoms with Crippen LogP contribution < -0.4 is 0 Å². The molecule has 2 rings (SSSR count). The van der Waals surface area contributed by atoms with Crippen LogP contribution in [-0.4, -0.2) is 28.8 Å². The predicted octanol–water partition coefficient (Wildman–Crippen LogP) is 3.46. The predicted molar refractivity (Wildman–Crippen MR) is 79.7 cm³/mol. The average Bonchev–Trinajstić information content (AvgIpc) is 2.94. The summed E-state index contributed by atoms with van der Waals surface area (Å²) in [7, 11) is 1.83. The Labute approximate surface area is 122 Å². The van der Waals surface area contributed by atoms with E-state index in [2.05, 4.69) is 0 Å². The number of hydrogen-bond donors (Lipinski definition) is 0. The molecule has 1 saturated carbocycles. The molecule has 1 heterocycles. The van der Waals surface area contributed by atoms with Gasteiger partial charge in [-0.25, -0.2) is 0 Å². The molecule has 0 radical (unpaired) electrons. The topological polar surface area (TPSA) is 63.5 Å². The third-order valence-corrected chi connectivity index (χ3v) is 4.65. The summed E-state index contributed by atoms with van der Waals surface area (Å²) in [6, 6.07) is 3.45. The lowest BCUT2D eigenvalue weighted by Gasteiger charge is -2.30. The van der Waals surface area contributed by atoms with Crippen LogP contribution in [0.15, 0.2) is 18.2 Å². The van der Waals surface area contributed by atoms with E-state index in [0.29, 0.717) is 6.04 Å². The molecule has 0 unspecified atom stereocenters. The minimum Gasteiger partial charge on any atom is -0.339 e. The van der Waals surface area contributed by atoms with Gasteiger partial charge in [0, 0.05) is 30.1 Å². The van der Waals surface area contributed by atoms with Crippen LogP contribution in [0.25, 0.3) is 6.08 Å². The van der Waals surface area contributed by atoms with E-state index in [0.717, 1.165) is 29.1 Å². The highest BCUT2D eigenvalue weighted by Crippen LogP contribution is 2.25. The number of amides is 1. The first-order chi connectivity index (χ1) is 9.58. The molecule has 1 amide bonds. The zero-order valence-electron chi connectivity index (χ0n) is 11.4. The van der Waals surface area contributed by atoms with Crippen LogP contribution in [0.2, 0.25) is 0 Å². The molecule has 0 bridgehead atoms. The van der Waals surface area contributed by atoms with Gasteiger partial charge in [-0.1, -0.05) is 30.6 Å². The molecule has 108 valence electrons. The first-order valence-corrected chi connectivity index (χ1v) is 7.58. The Morgan fingerprint density at radius 3 is 2.70 bits per heavy atom. The summed E-state index contributed by atoms with van der Waals surface area (Å²) in [6.07, 6.45) is 8.92. The van der Waals surface area contributed by atoms with Crippen molar-refractivity contribution >= 4 is 28.3 Å². The molecule has 1 aromatic rings. The van der Waals surface area contributed by atoms with Crippen molar-refractivity contribution in [2.24, 2.45) is 0 Å². The third-order valence-electron chi connectivity index (χ3n) is 3.65. The maximum Gasteiger partial charge on any atom is 0.324 e. The largest absolute Gasteiger partial charge is 0.339 e. The summed E-state index contributed by atoms with van der Waals surface area (Å²) >= 11 is 1.07. The fourth-order valence-corrected chi connectivity index (χ4v) is 3.17. The van der Waals surface area contributed by atoms with Gasteiger partial charge in [0.1, 0.15) is 0 Å². The van der Waals surface area contributed by atoms with Gasteiger partial charge in [0.15, 0.2) is 0 Å². The number of rotatable bonds is 4. The van der Waals surface area contributed by atoms with Crippen LogP contribution >= 0.6 is 11.3 Å². The van der Waals surface area contributed by atoms with Crippen molar-refractivity contribution in [3.8, 4) is 0 Å². The van der Waals surface area contributed by atoms with E-state index in [4.69, 9.17) is 0 Å². The van der Waals surface area contributed by atoms with E-state index < -0.39 is 4.92 Å². The molecule has 0 saturated heterocycles. The van der Waals surface area contributed by atoms with E-state index in [9.17, 15) is 14.9 Å². The zero-order valence-corrected chi connectivity index (χ0v) is 12.3. The van der Waals surface area contributed by atoms with Gasteiger partial charge in [-0.05, 0) is 25.0 Å². The number of thiophene rings is 1. The van der Waals surface area contributed by atoms with Crippen molar-refractivity contribution in [3.05, 3.63) is 33.2 Å². The highest BCUT2D eigenvalue weighted by molar-refractivity contribution is 7.16. The molecule has 1 aromatic heterocycles.